The van der Waals surface area contributed by atoms with Crippen LogP contribution in [0, 0.1) is 0 Å². The van der Waals surface area contributed by atoms with Crippen molar-refractivity contribution in [1.29, 1.82) is 0 Å². The van der Waals surface area contributed by atoms with Crippen LogP contribution in [-0.2, 0) is 13.0 Å². The van der Waals surface area contributed by atoms with Gasteiger partial charge in [0.15, 0.2) is 0 Å². The molecule has 2 rings (SSSR count). The van der Waals surface area contributed by atoms with Crippen LogP contribution in [0.1, 0.15) is 19.4 Å². The van der Waals surface area contributed by atoms with Crippen molar-refractivity contribution in [3.8, 4) is 6.01 Å². The Kier molecular flexibility index (Phi) is 3.18. The SMILES string of the molecule is CCc1cc(=O)oc2nc(OC)n(CC)c(=O)c12. The minimum Gasteiger partial charge on any atom is -0.468 e. The topological polar surface area (TPSA) is 74.3 Å². The highest BCUT2D eigenvalue weighted by atomic mass is 16.5. The van der Waals surface area contributed by atoms with E-state index >= 15 is 0 Å². The minimum atomic E-state index is -0.512. The Labute approximate surface area is 103 Å². The first-order valence-corrected chi connectivity index (χ1v) is 5.73. The summed E-state index contributed by atoms with van der Waals surface area (Å²) < 4.78 is 11.4. The van der Waals surface area contributed by atoms with Crippen molar-refractivity contribution in [2.75, 3.05) is 7.11 Å². The van der Waals surface area contributed by atoms with Gasteiger partial charge < -0.3 is 9.15 Å². The lowest BCUT2D eigenvalue weighted by molar-refractivity contribution is 0.347. The normalized spacial score (nSPS) is 10.8. The van der Waals surface area contributed by atoms with Crippen molar-refractivity contribution in [3.05, 3.63) is 32.4 Å². The number of fused-ring (bicyclic) bond motifs is 1. The summed E-state index contributed by atoms with van der Waals surface area (Å²) in [6.45, 7) is 4.13. The van der Waals surface area contributed by atoms with Crippen LogP contribution >= 0.6 is 0 Å². The van der Waals surface area contributed by atoms with Gasteiger partial charge in [-0.15, -0.1) is 0 Å². The third-order valence-electron chi connectivity index (χ3n) is 2.79. The first-order chi connectivity index (χ1) is 8.62. The molecular weight excluding hydrogens is 236 g/mol. The van der Waals surface area contributed by atoms with Crippen molar-refractivity contribution in [1.82, 2.24) is 9.55 Å². The number of methoxy groups -OCH3 is 1. The van der Waals surface area contributed by atoms with E-state index in [1.54, 1.807) is 0 Å². The van der Waals surface area contributed by atoms with Crippen molar-refractivity contribution in [2.45, 2.75) is 26.8 Å². The third kappa shape index (κ3) is 1.79. The largest absolute Gasteiger partial charge is 0.468 e. The van der Waals surface area contributed by atoms with E-state index in [-0.39, 0.29) is 17.3 Å². The third-order valence-corrected chi connectivity index (χ3v) is 2.79. The Hall–Kier alpha value is -2.11. The van der Waals surface area contributed by atoms with Gasteiger partial charge in [-0.05, 0) is 18.9 Å². The van der Waals surface area contributed by atoms with Crippen molar-refractivity contribution in [3.63, 3.8) is 0 Å². The van der Waals surface area contributed by atoms with E-state index in [9.17, 15) is 9.59 Å². The van der Waals surface area contributed by atoms with E-state index in [1.807, 2.05) is 13.8 Å². The second-order valence-electron chi connectivity index (χ2n) is 3.77. The lowest BCUT2D eigenvalue weighted by Crippen LogP contribution is -2.24. The summed E-state index contributed by atoms with van der Waals surface area (Å²) in [7, 11) is 1.42. The standard InChI is InChI=1S/C12H14N2O4/c1-4-7-6-8(15)18-10-9(7)11(16)14(5-2)12(13-10)17-3/h6H,4-5H2,1-3H3. The molecule has 0 spiro atoms. The average molecular weight is 250 g/mol. The Bertz CT molecular complexity index is 700. The molecule has 0 saturated carbocycles. The molecule has 0 amide bonds. The molecule has 18 heavy (non-hydrogen) atoms. The summed E-state index contributed by atoms with van der Waals surface area (Å²) in [4.78, 5) is 27.8. The zero-order valence-corrected chi connectivity index (χ0v) is 10.5. The van der Waals surface area contributed by atoms with Crippen LogP contribution in [0.25, 0.3) is 11.1 Å². The molecule has 0 aliphatic heterocycles. The first kappa shape index (κ1) is 12.3. The van der Waals surface area contributed by atoms with Crippen molar-refractivity contribution >= 4 is 11.1 Å². The van der Waals surface area contributed by atoms with Gasteiger partial charge in [-0.2, -0.15) is 4.98 Å². The molecule has 2 heterocycles. The second kappa shape index (κ2) is 4.64. The fraction of sp³-hybridized carbons (Fsp3) is 0.417. The monoisotopic (exact) mass is 250 g/mol. The van der Waals surface area contributed by atoms with Gasteiger partial charge in [-0.1, -0.05) is 6.92 Å². The van der Waals surface area contributed by atoms with Gasteiger partial charge in [0.1, 0.15) is 5.39 Å². The summed E-state index contributed by atoms with van der Waals surface area (Å²) in [5.74, 6) is 0. The molecule has 6 nitrogen and oxygen atoms in total. The predicted molar refractivity (Wildman–Crippen MR) is 66.1 cm³/mol. The number of aryl methyl sites for hydroxylation is 1. The van der Waals surface area contributed by atoms with Gasteiger partial charge in [0.2, 0.25) is 5.71 Å². The molecule has 0 unspecified atom stereocenters. The molecule has 0 aliphatic carbocycles. The lowest BCUT2D eigenvalue weighted by Gasteiger charge is -2.10. The van der Waals surface area contributed by atoms with E-state index in [4.69, 9.17) is 9.15 Å². The molecule has 96 valence electrons. The molecule has 0 N–H and O–H groups in total. The Morgan fingerprint density at radius 2 is 2.11 bits per heavy atom. The van der Waals surface area contributed by atoms with Gasteiger partial charge in [0.25, 0.3) is 5.56 Å². The van der Waals surface area contributed by atoms with E-state index in [1.165, 1.54) is 17.7 Å². The zero-order valence-electron chi connectivity index (χ0n) is 10.5. The van der Waals surface area contributed by atoms with Crippen LogP contribution in [0.15, 0.2) is 20.1 Å². The molecule has 0 fully saturated rings. The zero-order chi connectivity index (χ0) is 13.3. The van der Waals surface area contributed by atoms with Gasteiger partial charge in [-0.3, -0.25) is 9.36 Å². The number of rotatable bonds is 3. The molecule has 0 aliphatic rings. The lowest BCUT2D eigenvalue weighted by atomic mass is 10.1. The second-order valence-corrected chi connectivity index (χ2v) is 3.77. The Balaban J connectivity index is 2.99. The summed E-state index contributed by atoms with van der Waals surface area (Å²) in [6, 6.07) is 1.48. The molecule has 0 aromatic carbocycles. The quantitative estimate of drug-likeness (QED) is 0.810. The van der Waals surface area contributed by atoms with Crippen LogP contribution in [0.3, 0.4) is 0 Å². The van der Waals surface area contributed by atoms with Crippen LogP contribution < -0.4 is 15.9 Å². The molecule has 0 bridgehead atoms. The summed E-state index contributed by atoms with van der Waals surface area (Å²) in [5.41, 5.74) is -0.0861. The summed E-state index contributed by atoms with van der Waals surface area (Å²) >= 11 is 0. The van der Waals surface area contributed by atoms with E-state index in [2.05, 4.69) is 4.98 Å². The summed E-state index contributed by atoms with van der Waals surface area (Å²) in [5, 5.41) is 0.347. The molecular formula is C12H14N2O4. The number of hydrogen-bond acceptors (Lipinski definition) is 5. The molecule has 6 heteroatoms. The maximum absolute atomic E-state index is 12.3. The van der Waals surface area contributed by atoms with Crippen LogP contribution in [0.4, 0.5) is 0 Å². The number of aromatic nitrogens is 2. The van der Waals surface area contributed by atoms with Crippen molar-refractivity contribution in [2.24, 2.45) is 0 Å². The Morgan fingerprint density at radius 3 is 2.67 bits per heavy atom. The van der Waals surface area contributed by atoms with E-state index in [0.29, 0.717) is 23.9 Å². The highest BCUT2D eigenvalue weighted by Gasteiger charge is 2.15. The average Bonchev–Trinajstić information content (AvgIpc) is 2.36. The van der Waals surface area contributed by atoms with Crippen molar-refractivity contribution < 1.29 is 9.15 Å². The Morgan fingerprint density at radius 1 is 1.39 bits per heavy atom. The molecule has 0 radical (unpaired) electrons. The van der Waals surface area contributed by atoms with E-state index < -0.39 is 5.63 Å². The fourth-order valence-corrected chi connectivity index (χ4v) is 1.92. The van der Waals surface area contributed by atoms with E-state index in [0.717, 1.165) is 0 Å². The number of hydrogen-bond donors (Lipinski definition) is 0. The number of nitrogens with zero attached hydrogens (tertiary/aromatic N) is 2. The molecule has 0 saturated heterocycles. The van der Waals surface area contributed by atoms with Gasteiger partial charge >= 0.3 is 11.6 Å². The molecule has 0 atom stereocenters. The predicted octanol–water partition coefficient (Wildman–Crippen LogP) is 0.941. The van der Waals surface area contributed by atoms with Crippen LogP contribution in [-0.4, -0.2) is 16.7 Å². The summed E-state index contributed by atoms with van der Waals surface area (Å²) in [6.07, 6.45) is 0.565. The maximum atomic E-state index is 12.3. The highest BCUT2D eigenvalue weighted by Crippen LogP contribution is 2.15. The minimum absolute atomic E-state index is 0.0332. The first-order valence-electron chi connectivity index (χ1n) is 5.73. The fourth-order valence-electron chi connectivity index (χ4n) is 1.92. The van der Waals surface area contributed by atoms with Crippen LogP contribution in [0.2, 0.25) is 0 Å². The highest BCUT2D eigenvalue weighted by molar-refractivity contribution is 5.76. The molecule has 2 aromatic rings. The smallest absolute Gasteiger partial charge is 0.337 e. The van der Waals surface area contributed by atoms with Gasteiger partial charge in [0.05, 0.1) is 7.11 Å². The maximum Gasteiger partial charge on any atom is 0.337 e. The molecule has 2 aromatic heterocycles. The van der Waals surface area contributed by atoms with Gasteiger partial charge in [0, 0.05) is 12.6 Å². The van der Waals surface area contributed by atoms with Gasteiger partial charge in [-0.25, -0.2) is 4.79 Å². The van der Waals surface area contributed by atoms with Crippen LogP contribution in [0.5, 0.6) is 6.01 Å². The number of ether oxygens (including phenoxy) is 1.